The number of ether oxygens (including phenoxy) is 1. The molecule has 1 atom stereocenters. The molecule has 2 N–H and O–H groups in total. The molecule has 1 heterocycles. The Bertz CT molecular complexity index is 829. The average Bonchev–Trinajstić information content (AvgIpc) is 3.16. The van der Waals surface area contributed by atoms with E-state index in [2.05, 4.69) is 0 Å². The number of primary amides is 1. The SMILES string of the molecule is NC(=O)c1cccc(OC(=O)C2CCCN2C(=O)C23CC4CC(CC(C4)C2)C3)c1. The van der Waals surface area contributed by atoms with Gasteiger partial charge >= 0.3 is 5.97 Å². The lowest BCUT2D eigenvalue weighted by molar-refractivity contribution is -0.162. The van der Waals surface area contributed by atoms with Crippen molar-refractivity contribution in [2.75, 3.05) is 6.54 Å². The number of nitrogens with two attached hydrogens (primary N) is 1. The third kappa shape index (κ3) is 3.22. The van der Waals surface area contributed by atoms with Gasteiger partial charge in [0.05, 0.1) is 5.41 Å². The predicted molar refractivity (Wildman–Crippen MR) is 106 cm³/mol. The lowest BCUT2D eigenvalue weighted by Crippen LogP contribution is -2.56. The van der Waals surface area contributed by atoms with E-state index in [-0.39, 0.29) is 11.3 Å². The summed E-state index contributed by atoms with van der Waals surface area (Å²) in [7, 11) is 0. The zero-order chi connectivity index (χ0) is 20.2. The third-order valence-corrected chi connectivity index (χ3v) is 7.61. The number of benzene rings is 1. The van der Waals surface area contributed by atoms with Gasteiger partial charge in [-0.1, -0.05) is 6.07 Å². The van der Waals surface area contributed by atoms with E-state index in [9.17, 15) is 14.4 Å². The number of likely N-dealkylation sites (tertiary alicyclic amines) is 1. The Labute approximate surface area is 170 Å². The van der Waals surface area contributed by atoms with Crippen LogP contribution < -0.4 is 10.5 Å². The van der Waals surface area contributed by atoms with E-state index in [0.717, 1.165) is 25.7 Å². The molecule has 1 saturated heterocycles. The van der Waals surface area contributed by atoms with E-state index in [1.807, 2.05) is 0 Å². The number of esters is 1. The molecule has 4 aliphatic carbocycles. The molecule has 1 aromatic rings. The monoisotopic (exact) mass is 396 g/mol. The zero-order valence-corrected chi connectivity index (χ0v) is 16.6. The molecule has 0 aromatic heterocycles. The van der Waals surface area contributed by atoms with Crippen LogP contribution in [0.3, 0.4) is 0 Å². The van der Waals surface area contributed by atoms with Gasteiger partial charge in [-0.05, 0) is 87.3 Å². The number of amides is 2. The number of carbonyl (C=O) groups is 3. The standard InChI is InChI=1S/C23H28N2O4/c24-20(26)17-3-1-4-18(10-17)29-21(27)19-5-2-6-25(19)22(28)23-11-14-7-15(12-23)9-16(8-14)13-23/h1,3-4,10,14-16,19H,2,5-9,11-13H2,(H2,24,26). The fraction of sp³-hybridized carbons (Fsp3) is 0.609. The highest BCUT2D eigenvalue weighted by Crippen LogP contribution is 2.60. The fourth-order valence-electron chi connectivity index (χ4n) is 6.83. The van der Waals surface area contributed by atoms with Crippen LogP contribution in [0.2, 0.25) is 0 Å². The van der Waals surface area contributed by atoms with Crippen LogP contribution in [-0.2, 0) is 9.59 Å². The van der Waals surface area contributed by atoms with Crippen LogP contribution in [0, 0.1) is 23.2 Å². The minimum atomic E-state index is -0.567. The normalized spacial score (nSPS) is 35.0. The van der Waals surface area contributed by atoms with Crippen LogP contribution in [0.5, 0.6) is 5.75 Å². The van der Waals surface area contributed by atoms with E-state index in [1.54, 1.807) is 23.1 Å². The molecule has 4 bridgehead atoms. The molecule has 6 heteroatoms. The van der Waals surface area contributed by atoms with Crippen molar-refractivity contribution in [2.45, 2.75) is 57.4 Å². The first kappa shape index (κ1) is 18.6. The Morgan fingerprint density at radius 3 is 2.31 bits per heavy atom. The summed E-state index contributed by atoms with van der Waals surface area (Å²) in [5.74, 6) is 1.56. The second kappa shape index (κ2) is 6.85. The Hall–Kier alpha value is -2.37. The average molecular weight is 396 g/mol. The van der Waals surface area contributed by atoms with Crippen molar-refractivity contribution < 1.29 is 19.1 Å². The number of rotatable bonds is 4. The molecule has 0 radical (unpaired) electrons. The molecule has 1 unspecified atom stereocenters. The Kier molecular flexibility index (Phi) is 4.41. The fourth-order valence-corrected chi connectivity index (χ4v) is 6.83. The molecular weight excluding hydrogens is 368 g/mol. The molecule has 5 aliphatic rings. The van der Waals surface area contributed by atoms with Gasteiger partial charge in [0, 0.05) is 12.1 Å². The molecular formula is C23H28N2O4. The highest BCUT2D eigenvalue weighted by Gasteiger charge is 2.57. The Balaban J connectivity index is 1.32. The molecule has 1 aromatic carbocycles. The maximum absolute atomic E-state index is 13.7. The van der Waals surface area contributed by atoms with Gasteiger partial charge in [0.1, 0.15) is 11.8 Å². The minimum absolute atomic E-state index is 0.182. The largest absolute Gasteiger partial charge is 0.425 e. The summed E-state index contributed by atoms with van der Waals surface area (Å²) in [6, 6.07) is 5.78. The Morgan fingerprint density at radius 1 is 1.03 bits per heavy atom. The van der Waals surface area contributed by atoms with Crippen molar-refractivity contribution in [3.8, 4) is 5.75 Å². The van der Waals surface area contributed by atoms with Crippen LogP contribution in [0.25, 0.3) is 0 Å². The van der Waals surface area contributed by atoms with Crippen LogP contribution in [0.15, 0.2) is 24.3 Å². The summed E-state index contributed by atoms with van der Waals surface area (Å²) < 4.78 is 5.55. The molecule has 6 rings (SSSR count). The van der Waals surface area contributed by atoms with Crippen molar-refractivity contribution in [3.05, 3.63) is 29.8 Å². The van der Waals surface area contributed by atoms with Gasteiger partial charge in [0.15, 0.2) is 0 Å². The van der Waals surface area contributed by atoms with Gasteiger partial charge in [0.2, 0.25) is 11.8 Å². The number of carbonyl (C=O) groups excluding carboxylic acids is 3. The van der Waals surface area contributed by atoms with Gasteiger partial charge in [-0.25, -0.2) is 4.79 Å². The van der Waals surface area contributed by atoms with Crippen molar-refractivity contribution >= 4 is 17.8 Å². The molecule has 5 fully saturated rings. The van der Waals surface area contributed by atoms with Crippen LogP contribution >= 0.6 is 0 Å². The minimum Gasteiger partial charge on any atom is -0.425 e. The number of hydrogen-bond donors (Lipinski definition) is 1. The first-order chi connectivity index (χ1) is 13.9. The van der Waals surface area contributed by atoms with Gasteiger partial charge in [0.25, 0.3) is 0 Å². The molecule has 0 spiro atoms. The van der Waals surface area contributed by atoms with Crippen LogP contribution in [0.1, 0.15) is 61.7 Å². The molecule has 4 saturated carbocycles. The van der Waals surface area contributed by atoms with Crippen molar-refractivity contribution in [1.29, 1.82) is 0 Å². The topological polar surface area (TPSA) is 89.7 Å². The first-order valence-electron chi connectivity index (χ1n) is 10.9. The quantitative estimate of drug-likeness (QED) is 0.626. The summed E-state index contributed by atoms with van der Waals surface area (Å²) in [6.45, 7) is 0.627. The van der Waals surface area contributed by atoms with Crippen molar-refractivity contribution in [3.63, 3.8) is 0 Å². The maximum Gasteiger partial charge on any atom is 0.334 e. The summed E-state index contributed by atoms with van der Waals surface area (Å²) >= 11 is 0. The second-order valence-corrected chi connectivity index (χ2v) is 9.67. The summed E-state index contributed by atoms with van der Waals surface area (Å²) in [5.41, 5.74) is 5.36. The second-order valence-electron chi connectivity index (χ2n) is 9.67. The number of nitrogens with zero attached hydrogens (tertiary/aromatic N) is 1. The van der Waals surface area contributed by atoms with Gasteiger partial charge < -0.3 is 15.4 Å². The molecule has 154 valence electrons. The van der Waals surface area contributed by atoms with E-state index < -0.39 is 17.9 Å². The maximum atomic E-state index is 13.7. The lowest BCUT2D eigenvalue weighted by Gasteiger charge is -2.56. The zero-order valence-electron chi connectivity index (χ0n) is 16.6. The Morgan fingerprint density at radius 2 is 1.69 bits per heavy atom. The van der Waals surface area contributed by atoms with E-state index in [4.69, 9.17) is 10.5 Å². The van der Waals surface area contributed by atoms with Gasteiger partial charge in [-0.3, -0.25) is 9.59 Å². The molecule has 2 amide bonds. The highest BCUT2D eigenvalue weighted by atomic mass is 16.5. The van der Waals surface area contributed by atoms with Crippen LogP contribution in [0.4, 0.5) is 0 Å². The smallest absolute Gasteiger partial charge is 0.334 e. The summed E-state index contributed by atoms with van der Waals surface area (Å²) in [5, 5.41) is 0. The van der Waals surface area contributed by atoms with Gasteiger partial charge in [-0.15, -0.1) is 0 Å². The summed E-state index contributed by atoms with van der Waals surface area (Å²) in [6.07, 6.45) is 8.30. The first-order valence-corrected chi connectivity index (χ1v) is 10.9. The lowest BCUT2D eigenvalue weighted by atomic mass is 9.49. The van der Waals surface area contributed by atoms with Crippen molar-refractivity contribution in [1.82, 2.24) is 4.90 Å². The van der Waals surface area contributed by atoms with E-state index in [1.165, 1.54) is 25.3 Å². The highest BCUT2D eigenvalue weighted by molar-refractivity contribution is 5.93. The van der Waals surface area contributed by atoms with E-state index >= 15 is 0 Å². The van der Waals surface area contributed by atoms with Crippen molar-refractivity contribution in [2.24, 2.45) is 28.9 Å². The predicted octanol–water partition coefficient (Wildman–Crippen LogP) is 2.90. The molecule has 6 nitrogen and oxygen atoms in total. The van der Waals surface area contributed by atoms with Crippen LogP contribution in [-0.4, -0.2) is 35.3 Å². The third-order valence-electron chi connectivity index (χ3n) is 7.61. The molecule has 1 aliphatic heterocycles. The van der Waals surface area contributed by atoms with E-state index in [0.29, 0.717) is 42.0 Å². The summed E-state index contributed by atoms with van der Waals surface area (Å²) in [4.78, 5) is 39.7. The molecule has 29 heavy (non-hydrogen) atoms. The van der Waals surface area contributed by atoms with Gasteiger partial charge in [-0.2, -0.15) is 0 Å². The number of hydrogen-bond acceptors (Lipinski definition) is 4.